The number of hydrogen-bond donors (Lipinski definition) is 1. The Balaban J connectivity index is 0.00000225. The Bertz CT molecular complexity index is 514. The number of halogens is 1. The summed E-state index contributed by atoms with van der Waals surface area (Å²) < 4.78 is 0. The molecule has 25 heavy (non-hydrogen) atoms. The van der Waals surface area contributed by atoms with Gasteiger partial charge in [-0.2, -0.15) is 11.3 Å². The minimum absolute atomic E-state index is 0. The first-order valence-corrected chi connectivity index (χ1v) is 10.4. The minimum Gasteiger partial charge on any atom is -0.356 e. The van der Waals surface area contributed by atoms with Gasteiger partial charge in [0.05, 0.1) is 0 Å². The normalized spacial score (nSPS) is 23.4. The largest absolute Gasteiger partial charge is 0.356 e. The summed E-state index contributed by atoms with van der Waals surface area (Å²) in [6, 6.07) is 2.23. The molecule has 2 fully saturated rings. The van der Waals surface area contributed by atoms with Crippen LogP contribution in [0.2, 0.25) is 0 Å². The van der Waals surface area contributed by atoms with E-state index in [0.29, 0.717) is 5.92 Å². The number of rotatable bonds is 5. The monoisotopic (exact) mass is 476 g/mol. The highest BCUT2D eigenvalue weighted by molar-refractivity contribution is 14.0. The van der Waals surface area contributed by atoms with E-state index in [0.717, 1.165) is 31.5 Å². The third-order valence-corrected chi connectivity index (χ3v) is 6.14. The molecule has 1 aromatic rings. The molecule has 142 valence electrons. The highest BCUT2D eigenvalue weighted by Gasteiger charge is 2.27. The molecular formula is C19H33IN4S. The van der Waals surface area contributed by atoms with Crippen molar-refractivity contribution in [1.29, 1.82) is 0 Å². The Morgan fingerprint density at radius 2 is 2.12 bits per heavy atom. The van der Waals surface area contributed by atoms with Gasteiger partial charge in [-0.25, -0.2) is 0 Å². The Morgan fingerprint density at radius 3 is 2.80 bits per heavy atom. The maximum Gasteiger partial charge on any atom is 0.193 e. The van der Waals surface area contributed by atoms with Crippen molar-refractivity contribution >= 4 is 41.3 Å². The molecule has 1 aromatic heterocycles. The SMILES string of the molecule is CN=C(NCC(C)c1ccsc1)N1CCC(CN2CCCCC2)C1.I. The van der Waals surface area contributed by atoms with E-state index in [9.17, 15) is 0 Å². The third kappa shape index (κ3) is 6.10. The molecule has 0 amide bonds. The lowest BCUT2D eigenvalue weighted by molar-refractivity contribution is 0.198. The second kappa shape index (κ2) is 10.7. The van der Waals surface area contributed by atoms with Crippen molar-refractivity contribution in [2.24, 2.45) is 10.9 Å². The van der Waals surface area contributed by atoms with Gasteiger partial charge in [-0.3, -0.25) is 4.99 Å². The van der Waals surface area contributed by atoms with E-state index in [1.54, 1.807) is 11.3 Å². The number of nitrogens with zero attached hydrogens (tertiary/aromatic N) is 3. The number of guanidine groups is 1. The summed E-state index contributed by atoms with van der Waals surface area (Å²) in [7, 11) is 1.91. The van der Waals surface area contributed by atoms with Gasteiger partial charge in [0.15, 0.2) is 5.96 Å². The van der Waals surface area contributed by atoms with Crippen LogP contribution in [0.5, 0.6) is 0 Å². The molecule has 2 aliphatic rings. The summed E-state index contributed by atoms with van der Waals surface area (Å²) in [6.07, 6.45) is 5.50. The average Bonchev–Trinajstić information content (AvgIpc) is 3.28. The van der Waals surface area contributed by atoms with Crippen molar-refractivity contribution in [3.8, 4) is 0 Å². The first-order chi connectivity index (χ1) is 11.8. The van der Waals surface area contributed by atoms with Crippen LogP contribution in [0.15, 0.2) is 21.8 Å². The Kier molecular flexibility index (Phi) is 8.99. The van der Waals surface area contributed by atoms with Crippen molar-refractivity contribution in [3.05, 3.63) is 22.4 Å². The summed E-state index contributed by atoms with van der Waals surface area (Å²) in [5.74, 6) is 2.41. The van der Waals surface area contributed by atoms with Gasteiger partial charge in [0.25, 0.3) is 0 Å². The van der Waals surface area contributed by atoms with Gasteiger partial charge < -0.3 is 15.1 Å². The fourth-order valence-electron chi connectivity index (χ4n) is 3.93. The first-order valence-electron chi connectivity index (χ1n) is 9.46. The number of nitrogens with one attached hydrogen (secondary N) is 1. The maximum atomic E-state index is 4.53. The standard InChI is InChI=1S/C19H32N4S.HI/c1-16(18-7-11-24-15-18)12-21-19(20-2)23-10-6-17(14-23)13-22-8-4-3-5-9-22;/h7,11,15-17H,3-6,8-10,12-14H2,1-2H3,(H,20,21);1H. The summed E-state index contributed by atoms with van der Waals surface area (Å²) >= 11 is 1.78. The average molecular weight is 476 g/mol. The van der Waals surface area contributed by atoms with Crippen molar-refractivity contribution in [2.75, 3.05) is 46.3 Å². The molecule has 2 aliphatic heterocycles. The molecule has 0 aliphatic carbocycles. The van der Waals surface area contributed by atoms with Crippen LogP contribution < -0.4 is 5.32 Å². The zero-order valence-corrected chi connectivity index (χ0v) is 18.8. The highest BCUT2D eigenvalue weighted by Crippen LogP contribution is 2.21. The van der Waals surface area contributed by atoms with E-state index >= 15 is 0 Å². The van der Waals surface area contributed by atoms with Crippen LogP contribution in [0.1, 0.15) is 44.1 Å². The van der Waals surface area contributed by atoms with E-state index in [4.69, 9.17) is 0 Å². The zero-order chi connectivity index (χ0) is 16.8. The zero-order valence-electron chi connectivity index (χ0n) is 15.6. The minimum atomic E-state index is 0. The molecule has 0 spiro atoms. The Labute approximate surface area is 174 Å². The second-order valence-electron chi connectivity index (χ2n) is 7.35. The lowest BCUT2D eigenvalue weighted by Gasteiger charge is -2.29. The van der Waals surface area contributed by atoms with Crippen LogP contribution >= 0.6 is 35.3 Å². The van der Waals surface area contributed by atoms with E-state index < -0.39 is 0 Å². The molecule has 0 bridgehead atoms. The number of piperidine rings is 1. The Hall–Kier alpha value is -0.340. The quantitative estimate of drug-likeness (QED) is 0.398. The van der Waals surface area contributed by atoms with Gasteiger partial charge in [-0.05, 0) is 66.6 Å². The van der Waals surface area contributed by atoms with Crippen LogP contribution in [0.25, 0.3) is 0 Å². The van der Waals surface area contributed by atoms with Crippen LogP contribution in [0.3, 0.4) is 0 Å². The van der Waals surface area contributed by atoms with E-state index in [-0.39, 0.29) is 24.0 Å². The smallest absolute Gasteiger partial charge is 0.193 e. The van der Waals surface area contributed by atoms with Gasteiger partial charge in [-0.15, -0.1) is 24.0 Å². The van der Waals surface area contributed by atoms with Crippen LogP contribution in [0, 0.1) is 5.92 Å². The summed E-state index contributed by atoms with van der Waals surface area (Å²) in [6.45, 7) is 9.43. The number of likely N-dealkylation sites (tertiary alicyclic amines) is 2. The van der Waals surface area contributed by atoms with Crippen LogP contribution in [0.4, 0.5) is 0 Å². The molecule has 0 radical (unpaired) electrons. The molecular weight excluding hydrogens is 443 g/mol. The lowest BCUT2D eigenvalue weighted by atomic mass is 10.1. The highest BCUT2D eigenvalue weighted by atomic mass is 127. The van der Waals surface area contributed by atoms with Crippen molar-refractivity contribution < 1.29 is 0 Å². The lowest BCUT2D eigenvalue weighted by Crippen LogP contribution is -2.42. The third-order valence-electron chi connectivity index (χ3n) is 5.44. The van der Waals surface area contributed by atoms with E-state index in [1.807, 2.05) is 7.05 Å². The van der Waals surface area contributed by atoms with E-state index in [1.165, 1.54) is 50.9 Å². The van der Waals surface area contributed by atoms with Crippen molar-refractivity contribution in [2.45, 2.75) is 38.5 Å². The van der Waals surface area contributed by atoms with Gasteiger partial charge in [0.2, 0.25) is 0 Å². The number of hydrogen-bond acceptors (Lipinski definition) is 3. The second-order valence-corrected chi connectivity index (χ2v) is 8.13. The van der Waals surface area contributed by atoms with Crippen LogP contribution in [-0.2, 0) is 0 Å². The fraction of sp³-hybridized carbons (Fsp3) is 0.737. The van der Waals surface area contributed by atoms with Crippen molar-refractivity contribution in [3.63, 3.8) is 0 Å². The molecule has 6 heteroatoms. The maximum absolute atomic E-state index is 4.53. The molecule has 4 nitrogen and oxygen atoms in total. The summed E-state index contributed by atoms with van der Waals surface area (Å²) in [5.41, 5.74) is 1.42. The topological polar surface area (TPSA) is 30.9 Å². The van der Waals surface area contributed by atoms with Crippen molar-refractivity contribution in [1.82, 2.24) is 15.1 Å². The Morgan fingerprint density at radius 1 is 1.32 bits per heavy atom. The predicted octanol–water partition coefficient (Wildman–Crippen LogP) is 3.85. The summed E-state index contributed by atoms with van der Waals surface area (Å²) in [4.78, 5) is 9.65. The van der Waals surface area contributed by atoms with Gasteiger partial charge >= 0.3 is 0 Å². The predicted molar refractivity (Wildman–Crippen MR) is 119 cm³/mol. The van der Waals surface area contributed by atoms with Gasteiger partial charge in [-0.1, -0.05) is 13.3 Å². The van der Waals surface area contributed by atoms with Gasteiger partial charge in [0, 0.05) is 33.2 Å². The van der Waals surface area contributed by atoms with Crippen LogP contribution in [-0.4, -0.2) is 62.1 Å². The summed E-state index contributed by atoms with van der Waals surface area (Å²) in [5, 5.41) is 8.00. The number of aliphatic imine (C=N–C) groups is 1. The molecule has 3 rings (SSSR count). The molecule has 2 saturated heterocycles. The number of thiophene rings is 1. The molecule has 3 heterocycles. The molecule has 2 unspecified atom stereocenters. The first kappa shape index (κ1) is 21.0. The molecule has 0 aromatic carbocycles. The van der Waals surface area contributed by atoms with E-state index in [2.05, 4.69) is 43.9 Å². The molecule has 0 saturated carbocycles. The van der Waals surface area contributed by atoms with Gasteiger partial charge in [0.1, 0.15) is 0 Å². The molecule has 2 atom stereocenters. The fourth-order valence-corrected chi connectivity index (χ4v) is 4.71. The molecule has 1 N–H and O–H groups in total.